The molecule has 1 heteroatoms. The molecule has 194 valence electrons. The molecule has 0 heterocycles. The van der Waals surface area contributed by atoms with Crippen LogP contribution < -0.4 is 0 Å². The quantitative estimate of drug-likeness (QED) is 0.221. The summed E-state index contributed by atoms with van der Waals surface area (Å²) in [7, 11) is 0. The molecule has 5 aromatic carbocycles. The SMILES string of the molecule is C=CC1=C(C(C)C#N)c2ccc(-c3ccc(-c4ccc(Cc5ccccc5)c5ccccc45)cc3)cc2C1(C)C. The predicted octanol–water partition coefficient (Wildman–Crippen LogP) is 10.2. The highest BCUT2D eigenvalue weighted by atomic mass is 14.4. The lowest BCUT2D eigenvalue weighted by Gasteiger charge is -2.23. The van der Waals surface area contributed by atoms with E-state index in [1.807, 2.05) is 13.0 Å². The Morgan fingerprint density at radius 2 is 1.38 bits per heavy atom. The van der Waals surface area contributed by atoms with Crippen LogP contribution in [0.2, 0.25) is 0 Å². The van der Waals surface area contributed by atoms with Gasteiger partial charge >= 0.3 is 0 Å². The van der Waals surface area contributed by atoms with Crippen molar-refractivity contribution in [2.75, 3.05) is 0 Å². The standard InChI is InChI=1S/C39H33N/c1-5-36-38(26(2)25-40)35-22-19-30(24-37(35)39(36,3)4)28-15-17-29(18-16-28)33-21-20-31(23-27-11-7-6-8-12-27)32-13-9-10-14-34(32)33/h5-22,24,26H,1,23H2,2-4H3. The van der Waals surface area contributed by atoms with Crippen molar-refractivity contribution in [3.05, 3.63) is 150 Å². The summed E-state index contributed by atoms with van der Waals surface area (Å²) in [6.07, 6.45) is 2.86. The van der Waals surface area contributed by atoms with Gasteiger partial charge in [-0.3, -0.25) is 0 Å². The molecule has 1 aliphatic rings. The van der Waals surface area contributed by atoms with Crippen molar-refractivity contribution in [3.63, 3.8) is 0 Å². The zero-order valence-electron chi connectivity index (χ0n) is 23.4. The van der Waals surface area contributed by atoms with Gasteiger partial charge in [0, 0.05) is 5.41 Å². The van der Waals surface area contributed by atoms with Gasteiger partial charge in [-0.15, -0.1) is 0 Å². The minimum absolute atomic E-state index is 0.174. The average Bonchev–Trinajstić information content (AvgIpc) is 3.23. The molecule has 0 aliphatic heterocycles. The van der Waals surface area contributed by atoms with Crippen LogP contribution in [-0.4, -0.2) is 0 Å². The zero-order chi connectivity index (χ0) is 27.9. The Kier molecular flexibility index (Phi) is 6.49. The van der Waals surface area contributed by atoms with Gasteiger partial charge in [-0.25, -0.2) is 0 Å². The summed E-state index contributed by atoms with van der Waals surface area (Å²) in [5, 5.41) is 12.3. The van der Waals surface area contributed by atoms with Crippen molar-refractivity contribution in [1.29, 1.82) is 5.26 Å². The largest absolute Gasteiger partial charge is 0.198 e. The van der Waals surface area contributed by atoms with Crippen molar-refractivity contribution in [1.82, 2.24) is 0 Å². The second-order valence-electron chi connectivity index (χ2n) is 11.3. The van der Waals surface area contributed by atoms with E-state index < -0.39 is 0 Å². The zero-order valence-corrected chi connectivity index (χ0v) is 23.4. The Balaban J connectivity index is 1.35. The second kappa shape index (κ2) is 10.1. The van der Waals surface area contributed by atoms with E-state index in [0.29, 0.717) is 0 Å². The fraction of sp³-hybridized carbons (Fsp3) is 0.154. The van der Waals surface area contributed by atoms with Gasteiger partial charge in [0.1, 0.15) is 0 Å². The Bertz CT molecular complexity index is 1810. The van der Waals surface area contributed by atoms with E-state index >= 15 is 0 Å². The number of rotatable bonds is 6. The Morgan fingerprint density at radius 3 is 2.08 bits per heavy atom. The number of fused-ring (bicyclic) bond motifs is 2. The van der Waals surface area contributed by atoms with Gasteiger partial charge in [-0.1, -0.05) is 130 Å². The molecule has 0 N–H and O–H groups in total. The average molecular weight is 516 g/mol. The molecule has 0 aromatic heterocycles. The first kappa shape index (κ1) is 25.6. The molecule has 0 bridgehead atoms. The molecule has 0 amide bonds. The van der Waals surface area contributed by atoms with Crippen molar-refractivity contribution in [2.24, 2.45) is 5.92 Å². The number of hydrogen-bond donors (Lipinski definition) is 0. The van der Waals surface area contributed by atoms with Gasteiger partial charge in [0.15, 0.2) is 0 Å². The van der Waals surface area contributed by atoms with E-state index in [2.05, 4.69) is 136 Å². The topological polar surface area (TPSA) is 23.8 Å². The third-order valence-electron chi connectivity index (χ3n) is 8.56. The van der Waals surface area contributed by atoms with Crippen LogP contribution in [0.4, 0.5) is 0 Å². The summed E-state index contributed by atoms with van der Waals surface area (Å²) in [5.41, 5.74) is 12.1. The molecule has 0 radical (unpaired) electrons. The van der Waals surface area contributed by atoms with E-state index in [9.17, 15) is 5.26 Å². The van der Waals surface area contributed by atoms with Crippen LogP contribution in [0.5, 0.6) is 0 Å². The summed E-state index contributed by atoms with van der Waals surface area (Å²) < 4.78 is 0. The fourth-order valence-electron chi connectivity index (χ4n) is 6.42. The highest BCUT2D eigenvalue weighted by Crippen LogP contribution is 2.50. The summed E-state index contributed by atoms with van der Waals surface area (Å²) in [6.45, 7) is 10.5. The van der Waals surface area contributed by atoms with Crippen LogP contribution in [0.25, 0.3) is 38.6 Å². The van der Waals surface area contributed by atoms with Gasteiger partial charge in [0.25, 0.3) is 0 Å². The van der Waals surface area contributed by atoms with E-state index in [1.54, 1.807) is 0 Å². The van der Waals surface area contributed by atoms with Crippen molar-refractivity contribution in [2.45, 2.75) is 32.6 Å². The van der Waals surface area contributed by atoms with Crippen LogP contribution in [-0.2, 0) is 11.8 Å². The van der Waals surface area contributed by atoms with Crippen LogP contribution in [0, 0.1) is 17.2 Å². The molecule has 40 heavy (non-hydrogen) atoms. The number of nitrogens with zero attached hydrogens (tertiary/aromatic N) is 1. The van der Waals surface area contributed by atoms with Gasteiger partial charge in [-0.05, 0) is 85.8 Å². The first-order valence-corrected chi connectivity index (χ1v) is 14.0. The molecule has 1 aliphatic carbocycles. The fourth-order valence-corrected chi connectivity index (χ4v) is 6.42. The van der Waals surface area contributed by atoms with E-state index in [0.717, 1.165) is 17.6 Å². The maximum Gasteiger partial charge on any atom is 0.0701 e. The Hall–Kier alpha value is -4.67. The van der Waals surface area contributed by atoms with Gasteiger partial charge in [-0.2, -0.15) is 5.26 Å². The second-order valence-corrected chi connectivity index (χ2v) is 11.3. The van der Waals surface area contributed by atoms with Crippen LogP contribution in [0.1, 0.15) is 43.0 Å². The lowest BCUT2D eigenvalue weighted by atomic mass is 9.80. The van der Waals surface area contributed by atoms with Gasteiger partial charge < -0.3 is 0 Å². The molecule has 0 spiro atoms. The Labute approximate surface area is 237 Å². The van der Waals surface area contributed by atoms with Gasteiger partial charge in [0.2, 0.25) is 0 Å². The summed E-state index contributed by atoms with van der Waals surface area (Å²) in [6, 6.07) is 42.0. The third-order valence-corrected chi connectivity index (χ3v) is 8.56. The molecule has 0 fully saturated rings. The smallest absolute Gasteiger partial charge is 0.0701 e. The summed E-state index contributed by atoms with van der Waals surface area (Å²) >= 11 is 0. The van der Waals surface area contributed by atoms with Crippen molar-refractivity contribution >= 4 is 16.3 Å². The first-order valence-electron chi connectivity index (χ1n) is 14.0. The highest BCUT2D eigenvalue weighted by molar-refractivity contribution is 5.99. The number of benzene rings is 5. The predicted molar refractivity (Wildman–Crippen MR) is 169 cm³/mol. The van der Waals surface area contributed by atoms with Crippen molar-refractivity contribution < 1.29 is 0 Å². The molecule has 0 saturated carbocycles. The molecular weight excluding hydrogens is 482 g/mol. The van der Waals surface area contributed by atoms with Gasteiger partial charge in [0.05, 0.1) is 12.0 Å². The van der Waals surface area contributed by atoms with E-state index in [-0.39, 0.29) is 11.3 Å². The Morgan fingerprint density at radius 1 is 0.750 bits per heavy atom. The third kappa shape index (κ3) is 4.27. The molecule has 1 nitrogen and oxygen atoms in total. The number of hydrogen-bond acceptors (Lipinski definition) is 1. The lowest BCUT2D eigenvalue weighted by Crippen LogP contribution is -2.16. The number of allylic oxidation sites excluding steroid dienone is 3. The first-order chi connectivity index (χ1) is 19.4. The molecule has 1 atom stereocenters. The van der Waals surface area contributed by atoms with Crippen LogP contribution in [0.15, 0.2) is 127 Å². The summed E-state index contributed by atoms with van der Waals surface area (Å²) in [5.74, 6) is -0.174. The number of nitriles is 1. The maximum absolute atomic E-state index is 9.69. The van der Waals surface area contributed by atoms with Crippen molar-refractivity contribution in [3.8, 4) is 28.3 Å². The maximum atomic E-state index is 9.69. The minimum atomic E-state index is -0.187. The molecular formula is C39H33N. The molecule has 5 aromatic rings. The monoisotopic (exact) mass is 515 g/mol. The summed E-state index contributed by atoms with van der Waals surface area (Å²) in [4.78, 5) is 0. The van der Waals surface area contributed by atoms with Crippen LogP contribution >= 0.6 is 0 Å². The lowest BCUT2D eigenvalue weighted by molar-refractivity contribution is 0.653. The minimum Gasteiger partial charge on any atom is -0.198 e. The van der Waals surface area contributed by atoms with E-state index in [4.69, 9.17) is 0 Å². The highest BCUT2D eigenvalue weighted by Gasteiger charge is 2.38. The normalized spacial score (nSPS) is 14.6. The van der Waals surface area contributed by atoms with E-state index in [1.165, 1.54) is 55.3 Å². The molecule has 6 rings (SSSR count). The molecule has 0 saturated heterocycles. The van der Waals surface area contributed by atoms with Crippen LogP contribution in [0.3, 0.4) is 0 Å². The molecule has 1 unspecified atom stereocenters.